The van der Waals surface area contributed by atoms with Crippen LogP contribution in [0.25, 0.3) is 0 Å². The number of aromatic nitrogens is 2. The van der Waals surface area contributed by atoms with Crippen molar-refractivity contribution in [3.05, 3.63) is 11.9 Å². The molecular formula is C11H21N5O2. The van der Waals surface area contributed by atoms with Gasteiger partial charge in [-0.25, -0.2) is 15.8 Å². The number of nitrogens with two attached hydrogens (primary N) is 1. The van der Waals surface area contributed by atoms with Crippen molar-refractivity contribution in [2.45, 2.75) is 33.0 Å². The van der Waals surface area contributed by atoms with Gasteiger partial charge in [-0.2, -0.15) is 0 Å². The Kier molecular flexibility index (Phi) is 6.34. The lowest BCUT2D eigenvalue weighted by molar-refractivity contribution is 0.128. The molecule has 5 N–H and O–H groups in total. The molecule has 0 aliphatic rings. The summed E-state index contributed by atoms with van der Waals surface area (Å²) in [4.78, 5) is 8.43. The highest BCUT2D eigenvalue weighted by molar-refractivity contribution is 5.46. The van der Waals surface area contributed by atoms with Crippen molar-refractivity contribution < 1.29 is 9.84 Å². The molecule has 0 saturated heterocycles. The minimum atomic E-state index is -0.399. The summed E-state index contributed by atoms with van der Waals surface area (Å²) in [6.45, 7) is 5.19. The third-order valence-electron chi connectivity index (χ3n) is 2.35. The van der Waals surface area contributed by atoms with Gasteiger partial charge >= 0.3 is 0 Å². The van der Waals surface area contributed by atoms with Gasteiger partial charge < -0.3 is 20.6 Å². The van der Waals surface area contributed by atoms with Crippen LogP contribution in [0.3, 0.4) is 0 Å². The molecule has 0 bridgehead atoms. The second kappa shape index (κ2) is 7.80. The minimum absolute atomic E-state index is 0.330. The Bertz CT molecular complexity index is 361. The van der Waals surface area contributed by atoms with Gasteiger partial charge in [0.2, 0.25) is 0 Å². The summed E-state index contributed by atoms with van der Waals surface area (Å²) in [6, 6.07) is 1.68. The fraction of sp³-hybridized carbons (Fsp3) is 0.636. The number of hydrogen-bond acceptors (Lipinski definition) is 7. The molecular weight excluding hydrogens is 234 g/mol. The summed E-state index contributed by atoms with van der Waals surface area (Å²) in [5, 5.41) is 12.5. The Hall–Kier alpha value is -1.44. The van der Waals surface area contributed by atoms with E-state index in [1.54, 1.807) is 6.07 Å². The van der Waals surface area contributed by atoms with Crippen LogP contribution in [-0.4, -0.2) is 34.3 Å². The van der Waals surface area contributed by atoms with Crippen LogP contribution in [0.15, 0.2) is 6.07 Å². The van der Waals surface area contributed by atoms with Gasteiger partial charge in [0.25, 0.3) is 0 Å². The smallest absolute Gasteiger partial charge is 0.158 e. The molecule has 0 fully saturated rings. The largest absolute Gasteiger partial charge is 0.391 e. The molecule has 0 aromatic carbocycles. The van der Waals surface area contributed by atoms with Gasteiger partial charge in [-0.3, -0.25) is 0 Å². The van der Waals surface area contributed by atoms with Gasteiger partial charge in [-0.15, -0.1) is 0 Å². The number of rotatable bonds is 8. The van der Waals surface area contributed by atoms with E-state index in [0.29, 0.717) is 43.6 Å². The van der Waals surface area contributed by atoms with E-state index in [4.69, 9.17) is 10.6 Å². The highest BCUT2D eigenvalue weighted by Gasteiger charge is 2.06. The maximum atomic E-state index is 9.49. The molecule has 7 nitrogen and oxygen atoms in total. The number of nitrogen functional groups attached to an aromatic ring is 1. The molecule has 0 saturated carbocycles. The van der Waals surface area contributed by atoms with Crippen molar-refractivity contribution in [2.24, 2.45) is 5.84 Å². The second-order valence-electron chi connectivity index (χ2n) is 3.78. The molecule has 0 aliphatic heterocycles. The van der Waals surface area contributed by atoms with Crippen molar-refractivity contribution in [1.29, 1.82) is 0 Å². The van der Waals surface area contributed by atoms with Gasteiger partial charge in [0.05, 0.1) is 6.10 Å². The number of nitrogens with zero attached hydrogens (tertiary/aromatic N) is 2. The number of hydrazine groups is 1. The summed E-state index contributed by atoms with van der Waals surface area (Å²) >= 11 is 0. The number of anilines is 2. The van der Waals surface area contributed by atoms with Crippen LogP contribution in [0.2, 0.25) is 0 Å². The minimum Gasteiger partial charge on any atom is -0.391 e. The lowest BCUT2D eigenvalue weighted by Crippen LogP contribution is -2.20. The lowest BCUT2D eigenvalue weighted by Gasteiger charge is -2.12. The topological polar surface area (TPSA) is 105 Å². The Morgan fingerprint density at radius 2 is 2.11 bits per heavy atom. The molecule has 102 valence electrons. The highest BCUT2D eigenvalue weighted by atomic mass is 16.5. The maximum Gasteiger partial charge on any atom is 0.158 e. The third kappa shape index (κ3) is 4.82. The van der Waals surface area contributed by atoms with E-state index in [-0.39, 0.29) is 0 Å². The van der Waals surface area contributed by atoms with Crippen LogP contribution in [0.1, 0.15) is 26.1 Å². The molecule has 1 heterocycles. The molecule has 1 rings (SSSR count). The molecule has 1 aromatic rings. The van der Waals surface area contributed by atoms with Crippen molar-refractivity contribution in [3.8, 4) is 0 Å². The molecule has 0 aliphatic carbocycles. The number of hydrogen-bond donors (Lipinski definition) is 4. The van der Waals surface area contributed by atoms with Gasteiger partial charge in [0, 0.05) is 19.2 Å². The average molecular weight is 255 g/mol. The van der Waals surface area contributed by atoms with Gasteiger partial charge in [-0.05, 0) is 13.3 Å². The fourth-order valence-corrected chi connectivity index (χ4v) is 1.29. The normalized spacial score (nSPS) is 12.2. The zero-order chi connectivity index (χ0) is 13.4. The lowest BCUT2D eigenvalue weighted by atomic mass is 10.3. The van der Waals surface area contributed by atoms with Crippen LogP contribution in [0, 0.1) is 0 Å². The van der Waals surface area contributed by atoms with E-state index in [1.165, 1.54) is 0 Å². The highest BCUT2D eigenvalue weighted by Crippen LogP contribution is 2.11. The molecule has 7 heteroatoms. The predicted molar refractivity (Wildman–Crippen MR) is 70.0 cm³/mol. The van der Waals surface area contributed by atoms with E-state index in [0.717, 1.165) is 0 Å². The molecule has 1 atom stereocenters. The first-order chi connectivity index (χ1) is 8.69. The monoisotopic (exact) mass is 255 g/mol. The summed E-state index contributed by atoms with van der Waals surface area (Å²) in [7, 11) is 0. The third-order valence-corrected chi connectivity index (χ3v) is 2.35. The van der Waals surface area contributed by atoms with Crippen molar-refractivity contribution in [1.82, 2.24) is 9.97 Å². The zero-order valence-corrected chi connectivity index (χ0v) is 10.8. The molecule has 0 spiro atoms. The van der Waals surface area contributed by atoms with E-state index in [9.17, 15) is 5.11 Å². The van der Waals surface area contributed by atoms with E-state index in [2.05, 4.69) is 20.7 Å². The fourth-order valence-electron chi connectivity index (χ4n) is 1.29. The Balaban J connectivity index is 2.70. The van der Waals surface area contributed by atoms with Crippen LogP contribution < -0.4 is 16.6 Å². The van der Waals surface area contributed by atoms with Crippen LogP contribution in [-0.2, 0) is 11.3 Å². The molecule has 1 aromatic heterocycles. The van der Waals surface area contributed by atoms with E-state index >= 15 is 0 Å². The van der Waals surface area contributed by atoms with Crippen molar-refractivity contribution >= 4 is 11.6 Å². The summed E-state index contributed by atoms with van der Waals surface area (Å²) in [5.74, 6) is 7.00. The van der Waals surface area contributed by atoms with Crippen LogP contribution in [0.4, 0.5) is 11.6 Å². The summed E-state index contributed by atoms with van der Waals surface area (Å²) < 4.78 is 5.25. The average Bonchev–Trinajstić information content (AvgIpc) is 2.42. The second-order valence-corrected chi connectivity index (χ2v) is 3.78. The predicted octanol–water partition coefficient (Wildman–Crippen LogP) is 0.481. The first kappa shape index (κ1) is 14.6. The number of nitrogens with one attached hydrogen (secondary N) is 2. The van der Waals surface area contributed by atoms with E-state index in [1.807, 2.05) is 13.8 Å². The zero-order valence-electron chi connectivity index (χ0n) is 10.8. The van der Waals surface area contributed by atoms with Crippen LogP contribution >= 0.6 is 0 Å². The maximum absolute atomic E-state index is 9.49. The first-order valence-electron chi connectivity index (χ1n) is 6.03. The first-order valence-corrected chi connectivity index (χ1v) is 6.03. The van der Waals surface area contributed by atoms with Crippen LogP contribution in [0.5, 0.6) is 0 Å². The summed E-state index contributed by atoms with van der Waals surface area (Å²) in [5.41, 5.74) is 2.48. The van der Waals surface area contributed by atoms with Crippen molar-refractivity contribution in [3.63, 3.8) is 0 Å². The molecule has 18 heavy (non-hydrogen) atoms. The number of ether oxygens (including phenoxy) is 1. The molecule has 0 radical (unpaired) electrons. The SMILES string of the molecule is CCOCc1nc(NN)cc(NCC(O)CC)n1. The number of aliphatic hydroxyl groups is 1. The Labute approximate surface area is 107 Å². The van der Waals surface area contributed by atoms with Gasteiger partial charge in [0.15, 0.2) is 5.82 Å². The molecule has 1 unspecified atom stereocenters. The molecule has 0 amide bonds. The van der Waals surface area contributed by atoms with Crippen molar-refractivity contribution in [2.75, 3.05) is 23.9 Å². The quantitative estimate of drug-likeness (QED) is 0.395. The Morgan fingerprint density at radius 3 is 2.72 bits per heavy atom. The Morgan fingerprint density at radius 1 is 1.39 bits per heavy atom. The van der Waals surface area contributed by atoms with E-state index < -0.39 is 6.10 Å². The van der Waals surface area contributed by atoms with Gasteiger partial charge in [0.1, 0.15) is 18.2 Å². The number of aliphatic hydroxyl groups excluding tert-OH is 1. The van der Waals surface area contributed by atoms with Gasteiger partial charge in [-0.1, -0.05) is 6.92 Å². The standard InChI is InChI=1S/C11H21N5O2/c1-3-8(17)6-13-9-5-10(16-12)15-11(14-9)7-18-4-2/h5,8,17H,3-4,6-7,12H2,1-2H3,(H2,13,14,15,16). The summed E-state index contributed by atoms with van der Waals surface area (Å²) in [6.07, 6.45) is 0.288.